The molecule has 0 spiro atoms. The van der Waals surface area contributed by atoms with Crippen LogP contribution in [0.15, 0.2) is 70.5 Å². The molecule has 4 aromatic carbocycles. The van der Waals surface area contributed by atoms with Crippen molar-refractivity contribution >= 4 is 65.2 Å². The SMILES string of the molecule is CCOC(=O)COc1cc(S(=O)(=O)ON)cc2cc(NC(=O)Nc3ccc4c(C)cc(S(=O)(=O)ON)cc4c3)ccc12. The van der Waals surface area contributed by atoms with Gasteiger partial charge in [-0.3, -0.25) is 0 Å². The summed E-state index contributed by atoms with van der Waals surface area (Å²) in [6.07, 6.45) is 0. The van der Waals surface area contributed by atoms with E-state index in [9.17, 15) is 26.4 Å². The predicted octanol–water partition coefficient (Wildman–Crippen LogP) is 3.05. The third-order valence-electron chi connectivity index (χ3n) is 6.02. The fourth-order valence-corrected chi connectivity index (χ4v) is 5.48. The smallest absolute Gasteiger partial charge is 0.344 e. The Labute approximate surface area is 240 Å². The molecule has 42 heavy (non-hydrogen) atoms. The van der Waals surface area contributed by atoms with Crippen molar-refractivity contribution in [1.82, 2.24) is 0 Å². The van der Waals surface area contributed by atoms with E-state index in [1.54, 1.807) is 44.2 Å². The number of rotatable bonds is 10. The molecule has 6 N–H and O–H groups in total. The maximum absolute atomic E-state index is 12.8. The number of amides is 2. The van der Waals surface area contributed by atoms with Crippen LogP contribution in [0.25, 0.3) is 21.5 Å². The fraction of sp³-hybridized carbons (Fsp3) is 0.154. The van der Waals surface area contributed by atoms with E-state index in [0.29, 0.717) is 27.4 Å². The number of nitrogens with two attached hydrogens (primary N) is 2. The molecular weight excluding hydrogens is 592 g/mol. The van der Waals surface area contributed by atoms with E-state index in [1.807, 2.05) is 0 Å². The first-order chi connectivity index (χ1) is 19.9. The molecule has 0 atom stereocenters. The van der Waals surface area contributed by atoms with Crippen LogP contribution in [-0.4, -0.2) is 42.0 Å². The number of hydrogen-bond donors (Lipinski definition) is 4. The van der Waals surface area contributed by atoms with Crippen LogP contribution in [-0.2, 0) is 38.3 Å². The maximum Gasteiger partial charge on any atom is 0.344 e. The van der Waals surface area contributed by atoms with Gasteiger partial charge < -0.3 is 20.1 Å². The van der Waals surface area contributed by atoms with Crippen LogP contribution in [0.2, 0.25) is 0 Å². The fourth-order valence-electron chi connectivity index (χ4n) is 4.14. The van der Waals surface area contributed by atoms with Crippen LogP contribution >= 0.6 is 0 Å². The Morgan fingerprint density at radius 1 is 0.762 bits per heavy atom. The lowest BCUT2D eigenvalue weighted by Crippen LogP contribution is -2.19. The van der Waals surface area contributed by atoms with Gasteiger partial charge in [0.05, 0.1) is 16.4 Å². The number of benzene rings is 4. The molecular formula is C26H26N4O10S2. The number of ether oxygens (including phenoxy) is 2. The molecule has 0 saturated carbocycles. The Morgan fingerprint density at radius 3 is 1.83 bits per heavy atom. The number of carbonyl (C=O) groups is 2. The minimum absolute atomic E-state index is 0.0417. The van der Waals surface area contributed by atoms with Gasteiger partial charge in [-0.25, -0.2) is 9.59 Å². The first-order valence-electron chi connectivity index (χ1n) is 12.1. The van der Waals surface area contributed by atoms with Crippen molar-refractivity contribution in [1.29, 1.82) is 0 Å². The van der Waals surface area contributed by atoms with Crippen molar-refractivity contribution in [3.8, 4) is 5.75 Å². The summed E-state index contributed by atoms with van der Waals surface area (Å²) in [5.41, 5.74) is 1.29. The molecule has 0 aliphatic carbocycles. The Hall–Kier alpha value is -4.32. The zero-order valence-corrected chi connectivity index (χ0v) is 23.9. The molecule has 2 amide bonds. The molecule has 0 aromatic heterocycles. The van der Waals surface area contributed by atoms with Crippen molar-refractivity contribution in [2.75, 3.05) is 23.8 Å². The van der Waals surface area contributed by atoms with Crippen molar-refractivity contribution < 1.29 is 44.5 Å². The molecule has 0 heterocycles. The summed E-state index contributed by atoms with van der Waals surface area (Å²) in [6.45, 7) is 3.02. The molecule has 0 radical (unpaired) electrons. The lowest BCUT2D eigenvalue weighted by Gasteiger charge is -2.13. The number of carbonyl (C=O) groups excluding carboxylic acids is 2. The molecule has 0 fully saturated rings. The number of urea groups is 1. The molecule has 222 valence electrons. The van der Waals surface area contributed by atoms with Crippen LogP contribution in [0.3, 0.4) is 0 Å². The third kappa shape index (κ3) is 6.76. The normalized spacial score (nSPS) is 11.8. The van der Waals surface area contributed by atoms with Gasteiger partial charge in [-0.2, -0.15) is 37.2 Å². The first kappa shape index (κ1) is 30.6. The average molecular weight is 619 g/mol. The molecule has 14 nitrogen and oxygen atoms in total. The van der Waals surface area contributed by atoms with E-state index in [1.165, 1.54) is 24.3 Å². The van der Waals surface area contributed by atoms with Gasteiger partial charge in [-0.1, -0.05) is 6.07 Å². The van der Waals surface area contributed by atoms with Crippen LogP contribution in [0, 0.1) is 6.92 Å². The topological polar surface area (TPSA) is 215 Å². The van der Waals surface area contributed by atoms with Gasteiger partial charge in [0.1, 0.15) is 5.75 Å². The Morgan fingerprint density at radius 2 is 1.29 bits per heavy atom. The van der Waals surface area contributed by atoms with Crippen LogP contribution in [0.4, 0.5) is 16.2 Å². The van der Waals surface area contributed by atoms with Gasteiger partial charge in [-0.15, -0.1) is 0 Å². The predicted molar refractivity (Wildman–Crippen MR) is 152 cm³/mol. The van der Waals surface area contributed by atoms with Gasteiger partial charge >= 0.3 is 32.2 Å². The largest absolute Gasteiger partial charge is 0.481 e. The summed E-state index contributed by atoms with van der Waals surface area (Å²) >= 11 is 0. The van der Waals surface area contributed by atoms with E-state index >= 15 is 0 Å². The second-order valence-corrected chi connectivity index (χ2v) is 12.0. The summed E-state index contributed by atoms with van der Waals surface area (Å²) < 4.78 is 67.3. The Bertz CT molecular complexity index is 1910. The molecule has 16 heteroatoms. The van der Waals surface area contributed by atoms with Gasteiger partial charge in [0.25, 0.3) is 0 Å². The van der Waals surface area contributed by atoms with Crippen LogP contribution in [0.5, 0.6) is 5.75 Å². The van der Waals surface area contributed by atoms with Crippen LogP contribution in [0.1, 0.15) is 12.5 Å². The lowest BCUT2D eigenvalue weighted by atomic mass is 10.0. The van der Waals surface area contributed by atoms with Crippen molar-refractivity contribution in [2.45, 2.75) is 23.6 Å². The highest BCUT2D eigenvalue weighted by Gasteiger charge is 2.19. The number of aryl methyl sites for hydroxylation is 1. The van der Waals surface area contributed by atoms with Gasteiger partial charge in [-0.05, 0) is 84.1 Å². The van der Waals surface area contributed by atoms with E-state index in [0.717, 1.165) is 11.5 Å². The van der Waals surface area contributed by atoms with Gasteiger partial charge in [0.15, 0.2) is 6.61 Å². The van der Waals surface area contributed by atoms with Crippen molar-refractivity contribution in [3.05, 3.63) is 66.2 Å². The summed E-state index contributed by atoms with van der Waals surface area (Å²) in [6, 6.07) is 14.1. The summed E-state index contributed by atoms with van der Waals surface area (Å²) in [5, 5.41) is 7.32. The molecule has 0 aliphatic rings. The van der Waals surface area contributed by atoms with Crippen molar-refractivity contribution in [2.24, 2.45) is 11.8 Å². The van der Waals surface area contributed by atoms with Gasteiger partial charge in [0.2, 0.25) is 0 Å². The van der Waals surface area contributed by atoms with E-state index in [4.69, 9.17) is 21.3 Å². The first-order valence-corrected chi connectivity index (χ1v) is 14.9. The zero-order valence-electron chi connectivity index (χ0n) is 22.2. The number of fused-ring (bicyclic) bond motifs is 2. The van der Waals surface area contributed by atoms with Crippen molar-refractivity contribution in [3.63, 3.8) is 0 Å². The third-order valence-corrected chi connectivity index (χ3v) is 8.15. The van der Waals surface area contributed by atoms with E-state index in [2.05, 4.69) is 19.2 Å². The lowest BCUT2D eigenvalue weighted by molar-refractivity contribution is -0.145. The monoisotopic (exact) mass is 618 g/mol. The number of hydrogen-bond acceptors (Lipinski definition) is 12. The molecule has 4 aromatic rings. The van der Waals surface area contributed by atoms with E-state index < -0.39 is 38.8 Å². The second kappa shape index (κ2) is 12.3. The average Bonchev–Trinajstić information content (AvgIpc) is 2.95. The molecule has 4 rings (SSSR count). The number of esters is 1. The minimum atomic E-state index is -4.34. The zero-order chi connectivity index (χ0) is 30.7. The molecule has 0 unspecified atom stereocenters. The molecule has 0 aliphatic heterocycles. The number of nitrogens with one attached hydrogen (secondary N) is 2. The highest BCUT2D eigenvalue weighted by Crippen LogP contribution is 2.32. The van der Waals surface area contributed by atoms with E-state index in [-0.39, 0.29) is 27.8 Å². The van der Waals surface area contributed by atoms with Gasteiger partial charge in [0, 0.05) is 22.8 Å². The summed E-state index contributed by atoms with van der Waals surface area (Å²) in [5.74, 6) is 9.22. The maximum atomic E-state index is 12.8. The van der Waals surface area contributed by atoms with Crippen LogP contribution < -0.4 is 27.2 Å². The highest BCUT2D eigenvalue weighted by molar-refractivity contribution is 7.87. The minimum Gasteiger partial charge on any atom is -0.481 e. The Kier molecular flexibility index (Phi) is 8.95. The number of anilines is 2. The quantitative estimate of drug-likeness (QED) is 0.149. The molecule has 0 bridgehead atoms. The summed E-state index contributed by atoms with van der Waals surface area (Å²) in [7, 11) is -8.48. The standard InChI is InChI=1S/C26H26N4O10S2/c1-3-37-25(31)14-38-24-13-21(42(35,36)40-28)12-17-10-19(5-7-23(17)24)30-26(32)29-18-4-6-22-15(2)8-20(11-16(22)9-18)41(33,34)39-27/h4-13H,3,14,27-28H2,1-2H3,(H2,29,30,32). The molecule has 0 saturated heterocycles. The highest BCUT2D eigenvalue weighted by atomic mass is 32.2. The second-order valence-electron chi connectivity index (χ2n) is 8.81. The Balaban J connectivity index is 1.61. The summed E-state index contributed by atoms with van der Waals surface area (Å²) in [4.78, 5) is 24.1.